The van der Waals surface area contributed by atoms with E-state index in [2.05, 4.69) is 29.5 Å². The van der Waals surface area contributed by atoms with E-state index in [4.69, 9.17) is 4.74 Å². The normalized spacial score (nSPS) is 11.3. The van der Waals surface area contributed by atoms with E-state index in [1.165, 1.54) is 0 Å². The van der Waals surface area contributed by atoms with Gasteiger partial charge in [0.2, 0.25) is 0 Å². The Morgan fingerprint density at radius 3 is 2.60 bits per heavy atom. The molecule has 6 heteroatoms. The average Bonchev–Trinajstić information content (AvgIpc) is 3.01. The van der Waals surface area contributed by atoms with Crippen molar-refractivity contribution in [1.29, 1.82) is 0 Å². The Balaban J connectivity index is 1.63. The van der Waals surface area contributed by atoms with E-state index in [0.717, 1.165) is 39.5 Å². The van der Waals surface area contributed by atoms with Gasteiger partial charge >= 0.3 is 0 Å². The number of rotatable bonds is 7. The molecule has 0 fully saturated rings. The van der Waals surface area contributed by atoms with Crippen molar-refractivity contribution in [2.45, 2.75) is 40.5 Å². The predicted octanol–water partition coefficient (Wildman–Crippen LogP) is 4.45. The van der Waals surface area contributed by atoms with Crippen LogP contribution in [0, 0.1) is 20.8 Å². The molecule has 1 heterocycles. The van der Waals surface area contributed by atoms with Crippen LogP contribution in [-0.2, 0) is 4.79 Å². The summed E-state index contributed by atoms with van der Waals surface area (Å²) in [6.07, 6.45) is 1.63. The van der Waals surface area contributed by atoms with Gasteiger partial charge in [-0.15, -0.1) is 0 Å². The zero-order chi connectivity index (χ0) is 21.7. The maximum absolute atomic E-state index is 12.2. The Labute approximate surface area is 177 Å². The van der Waals surface area contributed by atoms with Gasteiger partial charge in [-0.25, -0.2) is 10.1 Å². The van der Waals surface area contributed by atoms with Crippen LogP contribution in [-0.4, -0.2) is 28.5 Å². The monoisotopic (exact) mass is 404 g/mol. The lowest BCUT2D eigenvalue weighted by molar-refractivity contribution is -0.123. The summed E-state index contributed by atoms with van der Waals surface area (Å²) in [7, 11) is 0. The maximum atomic E-state index is 12.2. The molecule has 2 aromatic carbocycles. The summed E-state index contributed by atoms with van der Waals surface area (Å²) < 4.78 is 7.62. The number of nitrogens with zero attached hydrogens (tertiary/aromatic N) is 3. The molecule has 0 atom stereocenters. The first kappa shape index (κ1) is 21.3. The number of aryl methyl sites for hydroxylation is 2. The highest BCUT2D eigenvalue weighted by atomic mass is 16.5. The second-order valence-corrected chi connectivity index (χ2v) is 7.61. The second kappa shape index (κ2) is 9.39. The van der Waals surface area contributed by atoms with Gasteiger partial charge in [0.25, 0.3) is 5.91 Å². The van der Waals surface area contributed by atoms with Crippen molar-refractivity contribution < 1.29 is 9.53 Å². The molecule has 0 spiro atoms. The van der Waals surface area contributed by atoms with E-state index in [-0.39, 0.29) is 12.5 Å². The number of aromatic nitrogens is 2. The summed E-state index contributed by atoms with van der Waals surface area (Å²) in [4.78, 5) is 12.2. The molecule has 30 heavy (non-hydrogen) atoms. The number of benzene rings is 2. The van der Waals surface area contributed by atoms with Gasteiger partial charge in [-0.3, -0.25) is 4.79 Å². The molecule has 0 saturated heterocycles. The second-order valence-electron chi connectivity index (χ2n) is 7.61. The van der Waals surface area contributed by atoms with Crippen LogP contribution < -0.4 is 10.2 Å². The Morgan fingerprint density at radius 1 is 1.17 bits per heavy atom. The highest BCUT2D eigenvalue weighted by Crippen LogP contribution is 2.27. The van der Waals surface area contributed by atoms with Gasteiger partial charge in [-0.2, -0.15) is 10.2 Å². The summed E-state index contributed by atoms with van der Waals surface area (Å²) >= 11 is 0. The smallest absolute Gasteiger partial charge is 0.277 e. The molecule has 3 aromatic rings. The Morgan fingerprint density at radius 2 is 1.90 bits per heavy atom. The molecule has 1 amide bonds. The van der Waals surface area contributed by atoms with Crippen molar-refractivity contribution in [3.8, 4) is 11.4 Å². The fourth-order valence-corrected chi connectivity index (χ4v) is 3.25. The number of hydrogen-bond donors (Lipinski definition) is 1. The van der Waals surface area contributed by atoms with E-state index in [9.17, 15) is 4.79 Å². The van der Waals surface area contributed by atoms with Gasteiger partial charge in [-0.05, 0) is 56.0 Å². The number of ether oxygens (including phenoxy) is 1. The molecule has 1 N–H and O–H groups in total. The first-order chi connectivity index (χ1) is 14.4. The van der Waals surface area contributed by atoms with Crippen molar-refractivity contribution in [2.24, 2.45) is 5.10 Å². The summed E-state index contributed by atoms with van der Waals surface area (Å²) in [5, 5.41) is 8.68. The number of amides is 1. The lowest BCUT2D eigenvalue weighted by atomic mass is 10.0. The van der Waals surface area contributed by atoms with Crippen LogP contribution in [0.4, 0.5) is 0 Å². The van der Waals surface area contributed by atoms with Gasteiger partial charge in [-0.1, -0.05) is 44.2 Å². The van der Waals surface area contributed by atoms with E-state index in [1.807, 2.05) is 74.0 Å². The third kappa shape index (κ3) is 4.95. The molecular formula is C24H28N4O2. The molecule has 0 aliphatic rings. The van der Waals surface area contributed by atoms with Gasteiger partial charge in [0.05, 0.1) is 23.3 Å². The minimum Gasteiger partial charge on any atom is -0.483 e. The highest BCUT2D eigenvalue weighted by molar-refractivity contribution is 5.85. The van der Waals surface area contributed by atoms with Crippen molar-refractivity contribution in [2.75, 3.05) is 6.61 Å². The summed E-state index contributed by atoms with van der Waals surface area (Å²) in [6, 6.07) is 15.9. The summed E-state index contributed by atoms with van der Waals surface area (Å²) in [5.74, 6) is 0.738. The molecule has 0 radical (unpaired) electrons. The number of carbonyl (C=O) groups is 1. The first-order valence-electron chi connectivity index (χ1n) is 10.0. The molecule has 0 bridgehead atoms. The van der Waals surface area contributed by atoms with E-state index < -0.39 is 0 Å². The lowest BCUT2D eigenvalue weighted by Crippen LogP contribution is -2.25. The van der Waals surface area contributed by atoms with Crippen LogP contribution in [0.5, 0.6) is 5.75 Å². The topological polar surface area (TPSA) is 68.5 Å². The minimum atomic E-state index is -0.312. The number of hydrazone groups is 1. The quantitative estimate of drug-likeness (QED) is 0.467. The van der Waals surface area contributed by atoms with Gasteiger partial charge in [0.1, 0.15) is 5.75 Å². The van der Waals surface area contributed by atoms with E-state index in [0.29, 0.717) is 5.92 Å². The van der Waals surface area contributed by atoms with Gasteiger partial charge in [0.15, 0.2) is 6.61 Å². The van der Waals surface area contributed by atoms with Crippen molar-refractivity contribution in [3.05, 3.63) is 76.6 Å². The highest BCUT2D eigenvalue weighted by Gasteiger charge is 2.12. The maximum Gasteiger partial charge on any atom is 0.277 e. The van der Waals surface area contributed by atoms with Crippen LogP contribution >= 0.6 is 0 Å². The largest absolute Gasteiger partial charge is 0.483 e. The molecule has 156 valence electrons. The Kier molecular flexibility index (Phi) is 6.67. The summed E-state index contributed by atoms with van der Waals surface area (Å²) in [6.45, 7) is 10.0. The minimum absolute atomic E-state index is 0.0955. The number of para-hydroxylation sites is 1. The first-order valence-corrected chi connectivity index (χ1v) is 10.0. The van der Waals surface area contributed by atoms with Gasteiger partial charge in [0, 0.05) is 5.56 Å². The fourth-order valence-electron chi connectivity index (χ4n) is 3.25. The van der Waals surface area contributed by atoms with Crippen molar-refractivity contribution >= 4 is 12.1 Å². The number of hydrogen-bond acceptors (Lipinski definition) is 4. The zero-order valence-corrected chi connectivity index (χ0v) is 18.1. The zero-order valence-electron chi connectivity index (χ0n) is 18.1. The predicted molar refractivity (Wildman–Crippen MR) is 120 cm³/mol. The van der Waals surface area contributed by atoms with Crippen molar-refractivity contribution in [3.63, 3.8) is 0 Å². The fraction of sp³-hybridized carbons (Fsp3) is 0.292. The SMILES string of the molecule is Cc1ccc(C(C)C)c(OCC(=O)N/N=C/c2c(C)nn(-c3ccccc3)c2C)c1. The van der Waals surface area contributed by atoms with Crippen molar-refractivity contribution in [1.82, 2.24) is 15.2 Å². The molecule has 0 aliphatic heterocycles. The van der Waals surface area contributed by atoms with Crippen LogP contribution in [0.2, 0.25) is 0 Å². The molecule has 0 aliphatic carbocycles. The molecular weight excluding hydrogens is 376 g/mol. The van der Waals surface area contributed by atoms with Crippen LogP contribution in [0.1, 0.15) is 47.8 Å². The third-order valence-corrected chi connectivity index (χ3v) is 4.88. The van der Waals surface area contributed by atoms with Crippen LogP contribution in [0.25, 0.3) is 5.69 Å². The lowest BCUT2D eigenvalue weighted by Gasteiger charge is -2.14. The molecule has 3 rings (SSSR count). The standard InChI is InChI=1S/C24H28N4O2/c1-16(2)21-12-11-17(3)13-23(21)30-15-24(29)26-25-14-22-18(4)27-28(19(22)5)20-9-7-6-8-10-20/h6-14,16H,15H2,1-5H3,(H,26,29)/b25-14+. The van der Waals surface area contributed by atoms with Gasteiger partial charge < -0.3 is 4.74 Å². The Bertz CT molecular complexity index is 1050. The average molecular weight is 405 g/mol. The number of carbonyl (C=O) groups excluding carboxylic acids is 1. The molecule has 0 unspecified atom stereocenters. The van der Waals surface area contributed by atoms with E-state index >= 15 is 0 Å². The Hall–Kier alpha value is -3.41. The number of nitrogens with one attached hydrogen (secondary N) is 1. The van der Waals surface area contributed by atoms with E-state index in [1.54, 1.807) is 6.21 Å². The molecule has 0 saturated carbocycles. The van der Waals surface area contributed by atoms with Crippen LogP contribution in [0.15, 0.2) is 53.6 Å². The molecule has 1 aromatic heterocycles. The third-order valence-electron chi connectivity index (χ3n) is 4.88. The molecule has 6 nitrogen and oxygen atoms in total. The summed E-state index contributed by atoms with van der Waals surface area (Å²) in [5.41, 5.74) is 8.36. The van der Waals surface area contributed by atoms with Crippen LogP contribution in [0.3, 0.4) is 0 Å².